The first kappa shape index (κ1) is 31.6. The third-order valence-corrected chi connectivity index (χ3v) is 2.29. The summed E-state index contributed by atoms with van der Waals surface area (Å²) in [6.07, 6.45) is 2.15. The van der Waals surface area contributed by atoms with Gasteiger partial charge in [-0.25, -0.2) is 4.79 Å². The second-order valence-electron chi connectivity index (χ2n) is 4.78. The van der Waals surface area contributed by atoms with Gasteiger partial charge in [0.05, 0.1) is 12.6 Å². The summed E-state index contributed by atoms with van der Waals surface area (Å²) in [5.74, 6) is -0.936. The van der Waals surface area contributed by atoms with E-state index in [1.54, 1.807) is 0 Å². The van der Waals surface area contributed by atoms with Gasteiger partial charge in [-0.15, -0.1) is 0 Å². The predicted molar refractivity (Wildman–Crippen MR) is 107 cm³/mol. The van der Waals surface area contributed by atoms with Crippen LogP contribution in [0.1, 0.15) is 74.7 Å². The Balaban J connectivity index is -0.000000302. The summed E-state index contributed by atoms with van der Waals surface area (Å²) in [5.41, 5.74) is 4.89. The summed E-state index contributed by atoms with van der Waals surface area (Å²) >= 11 is 0. The monoisotopic (exact) mass is 376 g/mol. The third-order valence-electron chi connectivity index (χ3n) is 2.29. The molecule has 0 aromatic carbocycles. The highest BCUT2D eigenvalue weighted by Gasteiger charge is 2.16. The van der Waals surface area contributed by atoms with Crippen LogP contribution in [0.25, 0.3) is 0 Å². The van der Waals surface area contributed by atoms with Gasteiger partial charge < -0.3 is 21.7 Å². The van der Waals surface area contributed by atoms with Gasteiger partial charge in [0.1, 0.15) is 0 Å². The molecule has 0 bridgehead atoms. The maximum Gasteiger partial charge on any atom is 0.312 e. The van der Waals surface area contributed by atoms with Gasteiger partial charge in [-0.3, -0.25) is 14.4 Å². The minimum absolute atomic E-state index is 0.168. The van der Waals surface area contributed by atoms with Crippen molar-refractivity contribution in [3.8, 4) is 0 Å². The summed E-state index contributed by atoms with van der Waals surface area (Å²) in [6, 6.07) is -1.26. The van der Waals surface area contributed by atoms with Crippen LogP contribution < -0.4 is 21.7 Å². The van der Waals surface area contributed by atoms with Crippen molar-refractivity contribution in [2.75, 3.05) is 13.1 Å². The highest BCUT2D eigenvalue weighted by molar-refractivity contribution is 5.89. The molecule has 0 rings (SSSR count). The Labute approximate surface area is 159 Å². The molecule has 156 valence electrons. The molecular weight excluding hydrogens is 336 g/mol. The third kappa shape index (κ3) is 29.8. The number of primary amides is 1. The molecule has 0 aromatic rings. The molecule has 5 N–H and O–H groups in total. The lowest BCUT2D eigenvalue weighted by Crippen LogP contribution is -2.45. The van der Waals surface area contributed by atoms with Gasteiger partial charge in [0.2, 0.25) is 11.8 Å². The maximum atomic E-state index is 11.4. The van der Waals surface area contributed by atoms with Crippen LogP contribution in [0, 0.1) is 0 Å². The molecule has 26 heavy (non-hydrogen) atoms. The molecule has 0 fully saturated rings. The minimum atomic E-state index is -0.630. The maximum absolute atomic E-state index is 11.4. The van der Waals surface area contributed by atoms with Gasteiger partial charge in [-0.2, -0.15) is 0 Å². The fourth-order valence-corrected chi connectivity index (χ4v) is 1.34. The van der Waals surface area contributed by atoms with Crippen LogP contribution in [0.4, 0.5) is 4.79 Å². The van der Waals surface area contributed by atoms with Gasteiger partial charge in [0.15, 0.2) is 5.78 Å². The van der Waals surface area contributed by atoms with Crippen LogP contribution in [0.15, 0.2) is 0 Å². The summed E-state index contributed by atoms with van der Waals surface area (Å²) < 4.78 is 0. The first-order valence-electron chi connectivity index (χ1n) is 9.32. The van der Waals surface area contributed by atoms with Crippen molar-refractivity contribution in [1.29, 1.82) is 0 Å². The largest absolute Gasteiger partial charge is 0.352 e. The topological polar surface area (TPSA) is 130 Å². The number of ketones is 1. The number of nitrogens with one attached hydrogen (secondary N) is 3. The van der Waals surface area contributed by atoms with Crippen molar-refractivity contribution < 1.29 is 19.2 Å². The van der Waals surface area contributed by atoms with Crippen LogP contribution in [-0.2, 0) is 14.4 Å². The number of amides is 4. The van der Waals surface area contributed by atoms with Gasteiger partial charge >= 0.3 is 6.03 Å². The number of hydrogen-bond acceptors (Lipinski definition) is 4. The van der Waals surface area contributed by atoms with Crippen molar-refractivity contribution in [3.63, 3.8) is 0 Å². The van der Waals surface area contributed by atoms with Gasteiger partial charge in [0.25, 0.3) is 0 Å². The number of carbonyl (C=O) groups excluding carboxylic acids is 4. The zero-order valence-electron chi connectivity index (χ0n) is 17.8. The summed E-state index contributed by atoms with van der Waals surface area (Å²) in [5, 5.41) is 7.24. The zero-order valence-corrected chi connectivity index (χ0v) is 17.8. The molecule has 4 amide bonds. The highest BCUT2D eigenvalue weighted by Crippen LogP contribution is 1.98. The number of hydrogen-bond donors (Lipinski definition) is 4. The molecule has 0 unspecified atom stereocenters. The number of Topliss-reactive ketones (excluding diaryl/α,β-unsaturated/α-hetero) is 1. The molecule has 1 atom stereocenters. The molecule has 8 heteroatoms. The SMILES string of the molecule is CC.CC.CC(=O)NCC(=O)N[C@@H](CCCNC(N)=O)C(C)=O.CCC. The average Bonchev–Trinajstić information content (AvgIpc) is 2.59. The van der Waals surface area contributed by atoms with Crippen LogP contribution >= 0.6 is 0 Å². The fraction of sp³-hybridized carbons (Fsp3) is 0.778. The quantitative estimate of drug-likeness (QED) is 0.483. The van der Waals surface area contributed by atoms with Crippen LogP contribution in [0.2, 0.25) is 0 Å². The van der Waals surface area contributed by atoms with Crippen molar-refractivity contribution in [1.82, 2.24) is 16.0 Å². The van der Waals surface area contributed by atoms with Crippen molar-refractivity contribution in [3.05, 3.63) is 0 Å². The van der Waals surface area contributed by atoms with E-state index in [2.05, 4.69) is 29.8 Å². The predicted octanol–water partition coefficient (Wildman–Crippen LogP) is 2.11. The van der Waals surface area contributed by atoms with Gasteiger partial charge in [-0.1, -0.05) is 48.0 Å². The first-order valence-corrected chi connectivity index (χ1v) is 9.32. The van der Waals surface area contributed by atoms with E-state index in [1.807, 2.05) is 27.7 Å². The lowest BCUT2D eigenvalue weighted by molar-refractivity contribution is -0.128. The summed E-state index contributed by atoms with van der Waals surface area (Å²) in [7, 11) is 0. The molecule has 0 aliphatic rings. The Bertz CT molecular complexity index is 374. The molecule has 0 aromatic heterocycles. The number of rotatable bonds is 8. The second-order valence-corrected chi connectivity index (χ2v) is 4.78. The minimum Gasteiger partial charge on any atom is -0.352 e. The van der Waals surface area contributed by atoms with Crippen LogP contribution in [-0.4, -0.2) is 42.8 Å². The number of carbonyl (C=O) groups is 4. The van der Waals surface area contributed by atoms with E-state index in [0.29, 0.717) is 19.4 Å². The van der Waals surface area contributed by atoms with E-state index in [9.17, 15) is 19.2 Å². The Morgan fingerprint density at radius 3 is 1.73 bits per heavy atom. The van der Waals surface area contributed by atoms with E-state index in [4.69, 9.17) is 5.73 Å². The molecule has 0 heterocycles. The van der Waals surface area contributed by atoms with Crippen molar-refractivity contribution >= 4 is 23.6 Å². The normalized spacial score (nSPS) is 9.38. The van der Waals surface area contributed by atoms with E-state index >= 15 is 0 Å². The molecule has 0 radical (unpaired) electrons. The molecule has 8 nitrogen and oxygen atoms in total. The Morgan fingerprint density at radius 1 is 0.923 bits per heavy atom. The molecule has 0 aliphatic carbocycles. The number of nitrogens with two attached hydrogens (primary N) is 1. The van der Waals surface area contributed by atoms with Crippen LogP contribution in [0.3, 0.4) is 0 Å². The molecule has 0 spiro atoms. The smallest absolute Gasteiger partial charge is 0.312 e. The van der Waals surface area contributed by atoms with Crippen LogP contribution in [0.5, 0.6) is 0 Å². The zero-order chi connectivity index (χ0) is 21.5. The lowest BCUT2D eigenvalue weighted by atomic mass is 10.1. The number of urea groups is 1. The van der Waals surface area contributed by atoms with Gasteiger partial charge in [-0.05, 0) is 19.8 Å². The second kappa shape index (κ2) is 25.1. The molecule has 0 saturated carbocycles. The lowest BCUT2D eigenvalue weighted by Gasteiger charge is -2.16. The first-order chi connectivity index (χ1) is 12.2. The fourth-order valence-electron chi connectivity index (χ4n) is 1.34. The average molecular weight is 377 g/mol. The molecule has 0 aliphatic heterocycles. The highest BCUT2D eigenvalue weighted by atomic mass is 16.2. The Hall–Kier alpha value is -2.12. The standard InChI is InChI=1S/C11H20N4O4.C3H8.2C2H6/c1-7(16)9(4-3-5-13-11(12)19)15-10(18)6-14-8(2)17;1-3-2;2*1-2/h9H,3-6H2,1-2H3,(H,14,17)(H,15,18)(H3,12,13,19);3H2,1-2H3;2*1-2H3/t9-;;;/m0.../s1. The van der Waals surface area contributed by atoms with Crippen molar-refractivity contribution in [2.45, 2.75) is 80.7 Å². The Kier molecular flexibility index (Phi) is 30.6. The van der Waals surface area contributed by atoms with E-state index in [-0.39, 0.29) is 18.2 Å². The van der Waals surface area contributed by atoms with Crippen molar-refractivity contribution in [2.24, 2.45) is 5.73 Å². The van der Waals surface area contributed by atoms with E-state index in [1.165, 1.54) is 20.3 Å². The van der Waals surface area contributed by atoms with E-state index < -0.39 is 18.0 Å². The van der Waals surface area contributed by atoms with E-state index in [0.717, 1.165) is 0 Å². The summed E-state index contributed by atoms with van der Waals surface area (Å²) in [4.78, 5) is 43.8. The Morgan fingerprint density at radius 2 is 1.38 bits per heavy atom. The molecule has 0 saturated heterocycles. The van der Waals surface area contributed by atoms with Gasteiger partial charge in [0, 0.05) is 13.5 Å². The summed E-state index contributed by atoms with van der Waals surface area (Å²) in [6.45, 7) is 15.1. The molecular formula is C18H40N4O4.